The molecule has 0 aliphatic carbocycles. The van der Waals surface area contributed by atoms with Crippen molar-refractivity contribution in [1.82, 2.24) is 0 Å². The molecule has 0 heterocycles. The molecule has 0 N–H and O–H groups in total. The van der Waals surface area contributed by atoms with Crippen molar-refractivity contribution in [2.75, 3.05) is 26.6 Å². The van der Waals surface area contributed by atoms with E-state index in [1.54, 1.807) is 0 Å². The van der Waals surface area contributed by atoms with Crippen molar-refractivity contribution in [3.63, 3.8) is 0 Å². The second-order valence-electron chi connectivity index (χ2n) is 1.32. The average Bonchev–Trinajstić information content (AvgIpc) is 1.97. The SMILES string of the molecule is O=[PH](OCCF)OCCF. The van der Waals surface area contributed by atoms with Crippen LogP contribution in [0.2, 0.25) is 0 Å². The molecule has 0 aliphatic heterocycles. The minimum atomic E-state index is -2.64. The molecule has 6 heteroatoms. The molecule has 0 aliphatic rings. The monoisotopic (exact) mass is 174 g/mol. The van der Waals surface area contributed by atoms with Gasteiger partial charge in [-0.05, 0) is 0 Å². The molecule has 0 amide bonds. The summed E-state index contributed by atoms with van der Waals surface area (Å²) >= 11 is 0. The summed E-state index contributed by atoms with van der Waals surface area (Å²) in [5, 5.41) is 0. The van der Waals surface area contributed by atoms with Crippen LogP contribution in [0, 0.1) is 0 Å². The van der Waals surface area contributed by atoms with E-state index in [4.69, 9.17) is 0 Å². The fraction of sp³-hybridized carbons (Fsp3) is 1.00. The molecule has 3 nitrogen and oxygen atoms in total. The van der Waals surface area contributed by atoms with Crippen LogP contribution in [0.25, 0.3) is 0 Å². The highest BCUT2D eigenvalue weighted by Gasteiger charge is 1.97. The normalized spacial score (nSPS) is 10.7. The van der Waals surface area contributed by atoms with Crippen LogP contribution < -0.4 is 0 Å². The molecule has 0 bridgehead atoms. The van der Waals surface area contributed by atoms with Crippen LogP contribution >= 0.6 is 8.25 Å². The summed E-state index contributed by atoms with van der Waals surface area (Å²) in [6.07, 6.45) is 0. The first-order valence-electron chi connectivity index (χ1n) is 2.72. The first-order chi connectivity index (χ1) is 4.81. The maximum atomic E-state index is 11.3. The molecule has 0 aromatic rings. The summed E-state index contributed by atoms with van der Waals surface area (Å²) in [5.74, 6) is 0. The summed E-state index contributed by atoms with van der Waals surface area (Å²) in [6, 6.07) is 0. The Kier molecular flexibility index (Phi) is 7.13. The summed E-state index contributed by atoms with van der Waals surface area (Å²) in [6.45, 7) is -1.95. The lowest BCUT2D eigenvalue weighted by Gasteiger charge is -1.99. The highest BCUT2D eigenvalue weighted by molar-refractivity contribution is 7.33. The number of rotatable bonds is 6. The third kappa shape index (κ3) is 6.13. The average molecular weight is 174 g/mol. The lowest BCUT2D eigenvalue weighted by atomic mass is 10.9. The largest absolute Gasteiger partial charge is 0.319 e. The predicted octanol–water partition coefficient (Wildman–Crippen LogP) is 1.35. The number of alkyl halides is 2. The van der Waals surface area contributed by atoms with Crippen molar-refractivity contribution in [3.8, 4) is 0 Å². The minimum Gasteiger partial charge on any atom is -0.308 e. The van der Waals surface area contributed by atoms with Crippen molar-refractivity contribution < 1.29 is 22.4 Å². The van der Waals surface area contributed by atoms with Crippen molar-refractivity contribution in [2.45, 2.75) is 0 Å². The lowest BCUT2D eigenvalue weighted by molar-refractivity contribution is 0.199. The Morgan fingerprint density at radius 1 is 1.10 bits per heavy atom. The van der Waals surface area contributed by atoms with Gasteiger partial charge in [-0.2, -0.15) is 0 Å². The maximum absolute atomic E-state index is 11.3. The zero-order valence-electron chi connectivity index (χ0n) is 5.31. The molecule has 0 atom stereocenters. The van der Waals surface area contributed by atoms with Crippen molar-refractivity contribution in [1.29, 1.82) is 0 Å². The van der Waals surface area contributed by atoms with Crippen LogP contribution in [0.5, 0.6) is 0 Å². The van der Waals surface area contributed by atoms with Gasteiger partial charge in [-0.15, -0.1) is 0 Å². The van der Waals surface area contributed by atoms with Gasteiger partial charge < -0.3 is 9.05 Å². The van der Waals surface area contributed by atoms with Crippen LogP contribution in [0.3, 0.4) is 0 Å². The molecule has 62 valence electrons. The molecule has 0 radical (unpaired) electrons. The van der Waals surface area contributed by atoms with Crippen LogP contribution in [0.1, 0.15) is 0 Å². The Morgan fingerprint density at radius 2 is 1.50 bits per heavy atom. The van der Waals surface area contributed by atoms with E-state index in [0.717, 1.165) is 0 Å². The smallest absolute Gasteiger partial charge is 0.308 e. The predicted molar refractivity (Wildman–Crippen MR) is 32.9 cm³/mol. The van der Waals surface area contributed by atoms with Gasteiger partial charge in [0.25, 0.3) is 0 Å². The quantitative estimate of drug-likeness (QED) is 0.570. The zero-order valence-corrected chi connectivity index (χ0v) is 6.31. The number of hydrogen-bond donors (Lipinski definition) is 0. The molecule has 0 unspecified atom stereocenters. The lowest BCUT2D eigenvalue weighted by Crippen LogP contribution is -1.92. The fourth-order valence-corrected chi connectivity index (χ4v) is 0.856. The van der Waals surface area contributed by atoms with Gasteiger partial charge in [0.05, 0.1) is 13.2 Å². The second kappa shape index (κ2) is 7.12. The fourth-order valence-electron chi connectivity index (χ4n) is 0.285. The molecule has 0 saturated heterocycles. The van der Waals surface area contributed by atoms with Crippen LogP contribution in [0.15, 0.2) is 0 Å². The molecule has 0 spiro atoms. The van der Waals surface area contributed by atoms with Gasteiger partial charge >= 0.3 is 8.25 Å². The Bertz CT molecular complexity index is 90.5. The standard InChI is InChI=1S/C4H9F2O3P/c5-1-3-8-10(7)9-4-2-6/h10H,1-4H2. The minimum absolute atomic E-state index is 0.260. The Morgan fingerprint density at radius 3 is 1.80 bits per heavy atom. The van der Waals surface area contributed by atoms with Crippen LogP contribution in [-0.4, -0.2) is 26.6 Å². The molecule has 0 rings (SSSR count). The Hall–Kier alpha value is 0.01000. The molecule has 10 heavy (non-hydrogen) atoms. The highest BCUT2D eigenvalue weighted by Crippen LogP contribution is 2.22. The molecule has 0 fully saturated rings. The second-order valence-corrected chi connectivity index (χ2v) is 2.40. The van der Waals surface area contributed by atoms with Gasteiger partial charge in [0.2, 0.25) is 0 Å². The highest BCUT2D eigenvalue weighted by atomic mass is 31.1. The van der Waals surface area contributed by atoms with Crippen LogP contribution in [-0.2, 0) is 13.6 Å². The zero-order chi connectivity index (χ0) is 7.82. The summed E-state index contributed by atoms with van der Waals surface area (Å²) < 4.78 is 41.5. The van der Waals surface area contributed by atoms with E-state index in [0.29, 0.717) is 0 Å². The van der Waals surface area contributed by atoms with E-state index in [1.165, 1.54) is 0 Å². The molecular weight excluding hydrogens is 165 g/mol. The van der Waals surface area contributed by atoms with E-state index < -0.39 is 21.6 Å². The van der Waals surface area contributed by atoms with Gasteiger partial charge in [-0.1, -0.05) is 0 Å². The topological polar surface area (TPSA) is 35.5 Å². The number of halogens is 2. The van der Waals surface area contributed by atoms with E-state index in [2.05, 4.69) is 9.05 Å². The summed E-state index contributed by atoms with van der Waals surface area (Å²) in [5.41, 5.74) is 0. The Labute approximate surface area is 58.3 Å². The van der Waals surface area contributed by atoms with Gasteiger partial charge in [0, 0.05) is 0 Å². The first kappa shape index (κ1) is 10.0. The maximum Gasteiger partial charge on any atom is 0.319 e. The van der Waals surface area contributed by atoms with Gasteiger partial charge in [0.15, 0.2) is 0 Å². The van der Waals surface area contributed by atoms with Gasteiger partial charge in [-0.25, -0.2) is 8.78 Å². The molecule has 0 aromatic carbocycles. The Balaban J connectivity index is 3.09. The summed E-state index contributed by atoms with van der Waals surface area (Å²) in [4.78, 5) is 0. The van der Waals surface area contributed by atoms with E-state index in [-0.39, 0.29) is 13.2 Å². The van der Waals surface area contributed by atoms with Gasteiger partial charge in [0.1, 0.15) is 13.3 Å². The van der Waals surface area contributed by atoms with Gasteiger partial charge in [-0.3, -0.25) is 4.57 Å². The van der Waals surface area contributed by atoms with E-state index >= 15 is 0 Å². The molecule has 0 aromatic heterocycles. The van der Waals surface area contributed by atoms with Crippen molar-refractivity contribution >= 4 is 8.25 Å². The van der Waals surface area contributed by atoms with E-state index in [9.17, 15) is 13.3 Å². The molecule has 0 saturated carbocycles. The first-order valence-corrected chi connectivity index (χ1v) is 3.95. The van der Waals surface area contributed by atoms with Crippen molar-refractivity contribution in [2.24, 2.45) is 0 Å². The van der Waals surface area contributed by atoms with E-state index in [1.807, 2.05) is 0 Å². The summed E-state index contributed by atoms with van der Waals surface area (Å²) in [7, 11) is -2.64. The van der Waals surface area contributed by atoms with Crippen LogP contribution in [0.4, 0.5) is 8.78 Å². The van der Waals surface area contributed by atoms with Crippen molar-refractivity contribution in [3.05, 3.63) is 0 Å². The third-order valence-electron chi connectivity index (χ3n) is 0.594. The molecular formula is C4H9F2O3P. The third-order valence-corrected chi connectivity index (χ3v) is 1.47. The number of hydrogen-bond acceptors (Lipinski definition) is 3.